The minimum absolute atomic E-state index is 0.250. The molecule has 0 aliphatic rings. The average Bonchev–Trinajstić information content (AvgIpc) is 2.91. The van der Waals surface area contributed by atoms with Crippen LogP contribution in [-0.4, -0.2) is 22.1 Å². The Morgan fingerprint density at radius 1 is 1.45 bits per heavy atom. The van der Waals surface area contributed by atoms with E-state index in [2.05, 4.69) is 14.9 Å². The van der Waals surface area contributed by atoms with Crippen molar-refractivity contribution in [3.63, 3.8) is 0 Å². The summed E-state index contributed by atoms with van der Waals surface area (Å²) in [7, 11) is 0. The molecule has 0 aliphatic heterocycles. The Bertz CT molecular complexity index is 615. The monoisotopic (exact) mass is 311 g/mol. The van der Waals surface area contributed by atoms with Crippen molar-refractivity contribution in [2.24, 2.45) is 0 Å². The van der Waals surface area contributed by atoms with Crippen LogP contribution in [0.3, 0.4) is 0 Å². The van der Waals surface area contributed by atoms with Gasteiger partial charge in [-0.3, -0.25) is 4.79 Å². The van der Waals surface area contributed by atoms with Crippen molar-refractivity contribution in [3.05, 3.63) is 33.8 Å². The van der Waals surface area contributed by atoms with E-state index in [1.54, 1.807) is 18.2 Å². The van der Waals surface area contributed by atoms with Gasteiger partial charge in [-0.2, -0.15) is 0 Å². The van der Waals surface area contributed by atoms with E-state index >= 15 is 0 Å². The Morgan fingerprint density at radius 2 is 2.25 bits per heavy atom. The van der Waals surface area contributed by atoms with Gasteiger partial charge in [0, 0.05) is 0 Å². The highest BCUT2D eigenvalue weighted by molar-refractivity contribution is 7.08. The van der Waals surface area contributed by atoms with Gasteiger partial charge in [-0.1, -0.05) is 29.1 Å². The summed E-state index contributed by atoms with van der Waals surface area (Å²) in [6.45, 7) is 4.25. The molecule has 0 radical (unpaired) electrons. The highest BCUT2D eigenvalue weighted by Crippen LogP contribution is 2.33. The normalized spacial score (nSPS) is 10.3. The first-order valence-corrected chi connectivity index (χ1v) is 7.36. The van der Waals surface area contributed by atoms with Gasteiger partial charge in [0.1, 0.15) is 4.88 Å². The fraction of sp³-hybridized carbons (Fsp3) is 0.308. The van der Waals surface area contributed by atoms with Crippen molar-refractivity contribution in [2.45, 2.75) is 20.3 Å². The number of aromatic nitrogens is 2. The standard InChI is InChI=1S/C13H14ClN3O2S/c1-3-9-12(20-17-16-9)13(18)15-10-7-5-6-8(14)11(10)19-4-2/h5-7H,3-4H2,1-2H3,(H,15,18). The van der Waals surface area contributed by atoms with E-state index in [4.69, 9.17) is 16.3 Å². The molecule has 1 amide bonds. The van der Waals surface area contributed by atoms with E-state index in [9.17, 15) is 4.79 Å². The van der Waals surface area contributed by atoms with Crippen LogP contribution >= 0.6 is 23.1 Å². The van der Waals surface area contributed by atoms with Crippen LogP contribution in [0, 0.1) is 0 Å². The maximum atomic E-state index is 12.2. The van der Waals surface area contributed by atoms with E-state index in [1.807, 2.05) is 13.8 Å². The van der Waals surface area contributed by atoms with Crippen LogP contribution < -0.4 is 10.1 Å². The Kier molecular flexibility index (Phi) is 4.92. The van der Waals surface area contributed by atoms with Gasteiger partial charge in [0.05, 0.1) is 23.0 Å². The van der Waals surface area contributed by atoms with E-state index < -0.39 is 0 Å². The fourth-order valence-electron chi connectivity index (χ4n) is 1.69. The zero-order valence-corrected chi connectivity index (χ0v) is 12.7. The third-order valence-corrected chi connectivity index (χ3v) is 3.67. The Hall–Kier alpha value is -1.66. The topological polar surface area (TPSA) is 64.1 Å². The molecule has 1 aromatic carbocycles. The molecule has 106 valence electrons. The molecule has 0 saturated carbocycles. The van der Waals surface area contributed by atoms with Crippen LogP contribution in [0.25, 0.3) is 0 Å². The maximum absolute atomic E-state index is 12.2. The first-order chi connectivity index (χ1) is 9.67. The first kappa shape index (κ1) is 14.7. The highest BCUT2D eigenvalue weighted by Gasteiger charge is 2.17. The molecule has 0 spiro atoms. The molecule has 1 N–H and O–H groups in total. The molecule has 2 aromatic rings. The van der Waals surface area contributed by atoms with Crippen LogP contribution in [-0.2, 0) is 6.42 Å². The summed E-state index contributed by atoms with van der Waals surface area (Å²) in [5, 5.41) is 7.18. The highest BCUT2D eigenvalue weighted by atomic mass is 35.5. The summed E-state index contributed by atoms with van der Waals surface area (Å²) >= 11 is 7.15. The van der Waals surface area contributed by atoms with Crippen molar-refractivity contribution in [2.75, 3.05) is 11.9 Å². The molecule has 0 bridgehead atoms. The molecular formula is C13H14ClN3O2S. The second-order valence-corrected chi connectivity index (χ2v) is 5.07. The largest absolute Gasteiger partial charge is 0.490 e. The third-order valence-electron chi connectivity index (χ3n) is 2.60. The molecule has 0 saturated heterocycles. The predicted molar refractivity (Wildman–Crippen MR) is 79.9 cm³/mol. The number of anilines is 1. The number of hydrogen-bond donors (Lipinski definition) is 1. The SMILES string of the molecule is CCOc1c(Cl)cccc1NC(=O)c1snnc1CC. The number of para-hydroxylation sites is 1. The molecule has 0 aliphatic carbocycles. The number of aryl methyl sites for hydroxylation is 1. The molecule has 0 fully saturated rings. The number of amides is 1. The number of rotatable bonds is 5. The number of carbonyl (C=O) groups is 1. The van der Waals surface area contributed by atoms with Crippen molar-refractivity contribution in [1.29, 1.82) is 0 Å². The number of ether oxygens (including phenoxy) is 1. The van der Waals surface area contributed by atoms with Crippen molar-refractivity contribution in [1.82, 2.24) is 9.59 Å². The van der Waals surface area contributed by atoms with Gasteiger partial charge in [-0.25, -0.2) is 0 Å². The fourth-order valence-corrected chi connectivity index (χ4v) is 2.56. The minimum atomic E-state index is -0.250. The zero-order valence-electron chi connectivity index (χ0n) is 11.1. The number of hydrogen-bond acceptors (Lipinski definition) is 5. The summed E-state index contributed by atoms with van der Waals surface area (Å²) in [4.78, 5) is 12.8. The lowest BCUT2D eigenvalue weighted by atomic mass is 10.2. The predicted octanol–water partition coefficient (Wildman–Crippen LogP) is 3.40. The molecule has 7 heteroatoms. The molecule has 1 heterocycles. The van der Waals surface area contributed by atoms with Gasteiger partial charge in [0.25, 0.3) is 5.91 Å². The molecule has 2 rings (SSSR count). The summed E-state index contributed by atoms with van der Waals surface area (Å²) in [5.74, 6) is 0.223. The van der Waals surface area contributed by atoms with E-state index in [-0.39, 0.29) is 5.91 Å². The molecule has 0 atom stereocenters. The molecule has 5 nitrogen and oxygen atoms in total. The number of nitrogens with zero attached hydrogens (tertiary/aromatic N) is 2. The molecule has 20 heavy (non-hydrogen) atoms. The smallest absolute Gasteiger partial charge is 0.269 e. The number of benzene rings is 1. The average molecular weight is 312 g/mol. The van der Waals surface area contributed by atoms with Crippen LogP contribution in [0.1, 0.15) is 29.2 Å². The second-order valence-electron chi connectivity index (χ2n) is 3.91. The summed E-state index contributed by atoms with van der Waals surface area (Å²) in [5.41, 5.74) is 1.23. The van der Waals surface area contributed by atoms with Crippen LogP contribution in [0.4, 0.5) is 5.69 Å². The first-order valence-electron chi connectivity index (χ1n) is 6.21. The number of carbonyl (C=O) groups excluding carboxylic acids is 1. The van der Waals surface area contributed by atoms with Gasteiger partial charge in [-0.05, 0) is 37.0 Å². The van der Waals surface area contributed by atoms with E-state index in [0.29, 0.717) is 40.1 Å². The lowest BCUT2D eigenvalue weighted by Crippen LogP contribution is -2.13. The summed E-state index contributed by atoms with van der Waals surface area (Å²) in [6, 6.07) is 5.22. The quantitative estimate of drug-likeness (QED) is 0.919. The van der Waals surface area contributed by atoms with Gasteiger partial charge in [0.2, 0.25) is 0 Å². The van der Waals surface area contributed by atoms with Crippen molar-refractivity contribution >= 4 is 34.7 Å². The Morgan fingerprint density at radius 3 is 2.95 bits per heavy atom. The minimum Gasteiger partial charge on any atom is -0.490 e. The number of halogens is 1. The van der Waals surface area contributed by atoms with Crippen molar-refractivity contribution in [3.8, 4) is 5.75 Å². The lowest BCUT2D eigenvalue weighted by molar-refractivity contribution is 0.102. The number of nitrogens with one attached hydrogen (secondary N) is 1. The summed E-state index contributed by atoms with van der Waals surface area (Å²) in [6.07, 6.45) is 0.660. The van der Waals surface area contributed by atoms with Crippen molar-refractivity contribution < 1.29 is 9.53 Å². The Labute approximate surface area is 126 Å². The zero-order chi connectivity index (χ0) is 14.5. The van der Waals surface area contributed by atoms with Crippen LogP contribution in [0.2, 0.25) is 5.02 Å². The second kappa shape index (κ2) is 6.67. The Balaban J connectivity index is 2.26. The summed E-state index contributed by atoms with van der Waals surface area (Å²) < 4.78 is 9.27. The van der Waals surface area contributed by atoms with Gasteiger partial charge in [0.15, 0.2) is 5.75 Å². The molecule has 0 unspecified atom stereocenters. The van der Waals surface area contributed by atoms with Gasteiger partial charge >= 0.3 is 0 Å². The molecule has 1 aromatic heterocycles. The van der Waals surface area contributed by atoms with Gasteiger partial charge in [-0.15, -0.1) is 5.10 Å². The van der Waals surface area contributed by atoms with Crippen LogP contribution in [0.5, 0.6) is 5.75 Å². The van der Waals surface area contributed by atoms with Gasteiger partial charge < -0.3 is 10.1 Å². The lowest BCUT2D eigenvalue weighted by Gasteiger charge is -2.12. The van der Waals surface area contributed by atoms with E-state index in [1.165, 1.54) is 0 Å². The molecular weight excluding hydrogens is 298 g/mol. The third kappa shape index (κ3) is 3.08. The van der Waals surface area contributed by atoms with E-state index in [0.717, 1.165) is 11.5 Å². The maximum Gasteiger partial charge on any atom is 0.269 e. The van der Waals surface area contributed by atoms with Crippen LogP contribution in [0.15, 0.2) is 18.2 Å².